The number of benzene rings is 7. The zero-order chi connectivity index (χ0) is 40.0. The zero-order valence-electron chi connectivity index (χ0n) is 33.5. The van der Waals surface area contributed by atoms with Gasteiger partial charge in [0, 0.05) is 45.4 Å². The van der Waals surface area contributed by atoms with Crippen LogP contribution in [-0.4, -0.2) is 24.5 Å². The molecule has 7 aromatic carbocycles. The molecule has 0 amide bonds. The number of aromatic nitrogens is 5. The van der Waals surface area contributed by atoms with Gasteiger partial charge in [-0.05, 0) is 109 Å². The summed E-state index contributed by atoms with van der Waals surface area (Å²) in [5, 5.41) is 2.35. The monoisotopic (exact) mass is 759 g/mol. The van der Waals surface area contributed by atoms with Crippen LogP contribution in [-0.2, 0) is 0 Å². The Morgan fingerprint density at radius 3 is 1.37 bits per heavy atom. The molecule has 0 N–H and O–H groups in total. The average molecular weight is 760 g/mol. The lowest BCUT2D eigenvalue weighted by Gasteiger charge is -2.17. The molecule has 10 rings (SSSR count). The molecule has 0 aliphatic rings. The van der Waals surface area contributed by atoms with Crippen molar-refractivity contribution >= 4 is 21.8 Å². The van der Waals surface area contributed by atoms with Crippen LogP contribution in [0.3, 0.4) is 0 Å². The second-order valence-corrected chi connectivity index (χ2v) is 15.4. The Kier molecular flexibility index (Phi) is 8.99. The molecule has 0 aliphatic heterocycles. The summed E-state index contributed by atoms with van der Waals surface area (Å²) in [7, 11) is 0. The molecule has 5 heteroatoms. The number of aryl methyl sites for hydroxylation is 4. The van der Waals surface area contributed by atoms with Gasteiger partial charge in [0.2, 0.25) is 0 Å². The van der Waals surface area contributed by atoms with E-state index in [0.717, 1.165) is 44.5 Å². The first-order valence-electron chi connectivity index (χ1n) is 20.0. The van der Waals surface area contributed by atoms with Crippen LogP contribution in [0.15, 0.2) is 176 Å². The Balaban J connectivity index is 1.28. The molecule has 5 nitrogen and oxygen atoms in total. The van der Waals surface area contributed by atoms with E-state index in [-0.39, 0.29) is 0 Å². The van der Waals surface area contributed by atoms with E-state index in [0.29, 0.717) is 17.5 Å². The van der Waals surface area contributed by atoms with Crippen molar-refractivity contribution in [2.24, 2.45) is 0 Å². The van der Waals surface area contributed by atoms with Gasteiger partial charge >= 0.3 is 0 Å². The van der Waals surface area contributed by atoms with Gasteiger partial charge in [-0.2, -0.15) is 0 Å². The molecule has 0 spiro atoms. The normalized spacial score (nSPS) is 11.4. The van der Waals surface area contributed by atoms with E-state index < -0.39 is 0 Å². The third-order valence-electron chi connectivity index (χ3n) is 11.3. The molecular formula is C54H41N5. The van der Waals surface area contributed by atoms with E-state index in [1.54, 1.807) is 0 Å². The van der Waals surface area contributed by atoms with E-state index in [2.05, 4.69) is 134 Å². The van der Waals surface area contributed by atoms with Crippen molar-refractivity contribution < 1.29 is 0 Å². The van der Waals surface area contributed by atoms with Crippen LogP contribution in [0, 0.1) is 27.7 Å². The van der Waals surface area contributed by atoms with Gasteiger partial charge < -0.3 is 4.57 Å². The molecule has 0 fully saturated rings. The van der Waals surface area contributed by atoms with Gasteiger partial charge in [-0.25, -0.2) is 15.0 Å². The van der Waals surface area contributed by atoms with Crippen LogP contribution >= 0.6 is 0 Å². The molecular weight excluding hydrogens is 719 g/mol. The molecule has 0 unspecified atom stereocenters. The van der Waals surface area contributed by atoms with Gasteiger partial charge in [0.15, 0.2) is 17.5 Å². The summed E-state index contributed by atoms with van der Waals surface area (Å²) < 4.78 is 2.39. The predicted molar refractivity (Wildman–Crippen MR) is 244 cm³/mol. The SMILES string of the molecule is Cc1ccc(-c2ccc3c(c2)c2cc(-c4ccc(C)cc4C)ccc2n3-c2cc(-c3cccnc3)ccc2-c2nc(-c3ccccc3)nc(-c3ccccc3)n2)c(C)c1. The third-order valence-corrected chi connectivity index (χ3v) is 11.3. The summed E-state index contributed by atoms with van der Waals surface area (Å²) in [6.07, 6.45) is 3.73. The van der Waals surface area contributed by atoms with Gasteiger partial charge in [0.1, 0.15) is 0 Å². The number of fused-ring (bicyclic) bond motifs is 3. The molecule has 3 aromatic heterocycles. The molecule has 10 aromatic rings. The highest BCUT2D eigenvalue weighted by Gasteiger charge is 2.22. The fraction of sp³-hybridized carbons (Fsp3) is 0.0741. The molecule has 59 heavy (non-hydrogen) atoms. The minimum Gasteiger partial charge on any atom is -0.308 e. The highest BCUT2D eigenvalue weighted by Crippen LogP contribution is 2.41. The van der Waals surface area contributed by atoms with Crippen LogP contribution in [0.2, 0.25) is 0 Å². The lowest BCUT2D eigenvalue weighted by molar-refractivity contribution is 1.06. The zero-order valence-corrected chi connectivity index (χ0v) is 33.5. The van der Waals surface area contributed by atoms with Crippen molar-refractivity contribution in [2.75, 3.05) is 0 Å². The van der Waals surface area contributed by atoms with Gasteiger partial charge in [-0.3, -0.25) is 4.98 Å². The van der Waals surface area contributed by atoms with Crippen molar-refractivity contribution in [3.8, 4) is 73.2 Å². The summed E-state index contributed by atoms with van der Waals surface area (Å²) in [6, 6.07) is 58.2. The number of hydrogen-bond acceptors (Lipinski definition) is 4. The molecule has 0 radical (unpaired) electrons. The topological polar surface area (TPSA) is 56.5 Å². The summed E-state index contributed by atoms with van der Waals surface area (Å²) in [5.74, 6) is 1.84. The van der Waals surface area contributed by atoms with Crippen LogP contribution in [0.25, 0.3) is 95.0 Å². The number of rotatable bonds is 7. The van der Waals surface area contributed by atoms with Gasteiger partial charge in [0.25, 0.3) is 0 Å². The van der Waals surface area contributed by atoms with Crippen molar-refractivity contribution in [1.29, 1.82) is 0 Å². The van der Waals surface area contributed by atoms with E-state index in [1.165, 1.54) is 55.3 Å². The molecule has 0 saturated heterocycles. The second kappa shape index (κ2) is 14.8. The van der Waals surface area contributed by atoms with Crippen LogP contribution in [0.4, 0.5) is 0 Å². The Bertz CT molecular complexity index is 3020. The first-order valence-corrected chi connectivity index (χ1v) is 20.0. The van der Waals surface area contributed by atoms with E-state index >= 15 is 0 Å². The van der Waals surface area contributed by atoms with Crippen molar-refractivity contribution in [2.45, 2.75) is 27.7 Å². The minimum absolute atomic E-state index is 0.597. The smallest absolute Gasteiger partial charge is 0.166 e. The van der Waals surface area contributed by atoms with E-state index in [1.807, 2.05) is 79.1 Å². The summed E-state index contributed by atoms with van der Waals surface area (Å²) in [4.78, 5) is 20.0. The maximum Gasteiger partial charge on any atom is 0.166 e. The predicted octanol–water partition coefficient (Wildman–Crippen LogP) is 13.6. The Morgan fingerprint density at radius 2 is 0.864 bits per heavy atom. The molecule has 0 saturated carbocycles. The number of nitrogens with zero attached hydrogens (tertiary/aromatic N) is 5. The fourth-order valence-electron chi connectivity index (χ4n) is 8.44. The lowest BCUT2D eigenvalue weighted by atomic mass is 9.95. The Labute approximate surface area is 344 Å². The van der Waals surface area contributed by atoms with E-state index in [4.69, 9.17) is 15.0 Å². The summed E-state index contributed by atoms with van der Waals surface area (Å²) >= 11 is 0. The van der Waals surface area contributed by atoms with Gasteiger partial charge in [0.05, 0.1) is 16.7 Å². The van der Waals surface area contributed by atoms with Crippen LogP contribution in [0.1, 0.15) is 22.3 Å². The van der Waals surface area contributed by atoms with Crippen molar-refractivity contribution in [1.82, 2.24) is 24.5 Å². The quantitative estimate of drug-likeness (QED) is 0.162. The van der Waals surface area contributed by atoms with E-state index in [9.17, 15) is 0 Å². The third kappa shape index (κ3) is 6.67. The molecule has 0 bridgehead atoms. The summed E-state index contributed by atoms with van der Waals surface area (Å²) in [5.41, 5.74) is 17.8. The molecule has 0 atom stereocenters. The first-order chi connectivity index (χ1) is 28.9. The fourth-order valence-corrected chi connectivity index (χ4v) is 8.44. The highest BCUT2D eigenvalue weighted by molar-refractivity contribution is 6.12. The second-order valence-electron chi connectivity index (χ2n) is 15.4. The van der Waals surface area contributed by atoms with Crippen LogP contribution < -0.4 is 0 Å². The first kappa shape index (κ1) is 35.9. The van der Waals surface area contributed by atoms with Gasteiger partial charge in [-0.1, -0.05) is 132 Å². The largest absolute Gasteiger partial charge is 0.308 e. The number of pyridine rings is 1. The maximum absolute atomic E-state index is 5.23. The highest BCUT2D eigenvalue weighted by atomic mass is 15.1. The van der Waals surface area contributed by atoms with Crippen LogP contribution in [0.5, 0.6) is 0 Å². The van der Waals surface area contributed by atoms with Crippen molar-refractivity contribution in [3.63, 3.8) is 0 Å². The molecule has 3 heterocycles. The summed E-state index contributed by atoms with van der Waals surface area (Å²) in [6.45, 7) is 8.70. The maximum atomic E-state index is 5.23. The van der Waals surface area contributed by atoms with Gasteiger partial charge in [-0.15, -0.1) is 0 Å². The van der Waals surface area contributed by atoms with Crippen molar-refractivity contribution in [3.05, 3.63) is 198 Å². The average Bonchev–Trinajstić information content (AvgIpc) is 3.60. The molecule has 0 aliphatic carbocycles. The Morgan fingerprint density at radius 1 is 0.373 bits per heavy atom. The molecule has 282 valence electrons. The number of hydrogen-bond donors (Lipinski definition) is 0. The minimum atomic E-state index is 0.597. The Hall–Kier alpha value is -7.50. The standard InChI is InChI=1S/C54H41N5/c1-34-17-22-44(36(3)28-34)41-20-25-49-47(30-41)48-31-42(45-23-18-35(2)29-37(45)4)21-26-50(48)59(49)51-32-40(43-16-11-27-55-33-43)19-24-46(51)54-57-52(38-12-7-5-8-13-38)56-53(58-54)39-14-9-6-10-15-39/h5-33H,1-4H3. The lowest BCUT2D eigenvalue weighted by Crippen LogP contribution is -2.04.